The van der Waals surface area contributed by atoms with E-state index in [0.717, 1.165) is 41.5 Å². The van der Waals surface area contributed by atoms with Crippen molar-refractivity contribution in [1.29, 1.82) is 0 Å². The van der Waals surface area contributed by atoms with E-state index in [0.29, 0.717) is 0 Å². The van der Waals surface area contributed by atoms with Gasteiger partial charge in [0, 0.05) is 41.5 Å². The molecule has 0 aromatic heterocycles. The van der Waals surface area contributed by atoms with Crippen molar-refractivity contribution in [2.75, 3.05) is 13.2 Å². The third-order valence-corrected chi connectivity index (χ3v) is 5.26. The summed E-state index contributed by atoms with van der Waals surface area (Å²) in [4.78, 5) is 70.8. The number of aliphatic hydroxyl groups is 1. The van der Waals surface area contributed by atoms with Crippen LogP contribution in [0.25, 0.3) is 0 Å². The van der Waals surface area contributed by atoms with E-state index in [-0.39, 0.29) is 0 Å². The molecule has 2 saturated heterocycles. The molecule has 0 saturated carbocycles. The van der Waals surface area contributed by atoms with Crippen molar-refractivity contribution in [3.63, 3.8) is 0 Å². The summed E-state index contributed by atoms with van der Waals surface area (Å²) in [6.45, 7) is 5.49. The Morgan fingerprint density at radius 3 is 1.62 bits per heavy atom. The van der Waals surface area contributed by atoms with Crippen molar-refractivity contribution in [3.05, 3.63) is 0 Å². The summed E-state index contributed by atoms with van der Waals surface area (Å²) in [5.74, 6) is -4.88. The summed E-state index contributed by atoms with van der Waals surface area (Å²) in [6, 6.07) is 0. The quantitative estimate of drug-likeness (QED) is 0.254. The van der Waals surface area contributed by atoms with Gasteiger partial charge in [0.05, 0.1) is 6.61 Å². The number of hydrogen-bond acceptors (Lipinski definition) is 16. The largest absolute Gasteiger partial charge is 0.463 e. The third kappa shape index (κ3) is 9.42. The van der Waals surface area contributed by atoms with Crippen LogP contribution in [0.2, 0.25) is 0 Å². The highest BCUT2D eigenvalue weighted by Crippen LogP contribution is 2.33. The summed E-state index contributed by atoms with van der Waals surface area (Å²) in [5.41, 5.74) is 0. The van der Waals surface area contributed by atoms with Gasteiger partial charge in [0.25, 0.3) is 0 Å². The molecule has 9 atom stereocenters. The predicted molar refractivity (Wildman–Crippen MR) is 120 cm³/mol. The van der Waals surface area contributed by atoms with Gasteiger partial charge >= 0.3 is 35.8 Å². The van der Waals surface area contributed by atoms with Gasteiger partial charge in [0.15, 0.2) is 43.1 Å². The molecule has 0 spiro atoms. The van der Waals surface area contributed by atoms with E-state index in [1.165, 1.54) is 0 Å². The number of rotatable bonds is 9. The molecule has 0 unspecified atom stereocenters. The Bertz CT molecular complexity index is 933. The van der Waals surface area contributed by atoms with Crippen molar-refractivity contribution >= 4 is 35.8 Å². The zero-order chi connectivity index (χ0) is 29.4. The maximum atomic E-state index is 12.0. The third-order valence-electron chi connectivity index (χ3n) is 5.26. The molecule has 2 aliphatic rings. The van der Waals surface area contributed by atoms with Crippen molar-refractivity contribution < 1.29 is 76.5 Å². The van der Waals surface area contributed by atoms with Crippen molar-refractivity contribution in [1.82, 2.24) is 0 Å². The lowest BCUT2D eigenvalue weighted by Gasteiger charge is -2.46. The Hall–Kier alpha value is -3.34. The normalized spacial score (nSPS) is 32.2. The summed E-state index contributed by atoms with van der Waals surface area (Å²) in [7, 11) is 0. The van der Waals surface area contributed by atoms with E-state index in [4.69, 9.17) is 42.6 Å². The molecule has 2 aliphatic heterocycles. The van der Waals surface area contributed by atoms with Gasteiger partial charge in [0.2, 0.25) is 0 Å². The molecule has 2 rings (SSSR count). The fraction of sp³-hybridized carbons (Fsp3) is 0.739. The molecule has 220 valence electrons. The van der Waals surface area contributed by atoms with Gasteiger partial charge in [0.1, 0.15) is 18.8 Å². The van der Waals surface area contributed by atoms with E-state index >= 15 is 0 Å². The monoisotopic (exact) mass is 564 g/mol. The Balaban J connectivity index is 2.50. The molecule has 0 aliphatic carbocycles. The van der Waals surface area contributed by atoms with Gasteiger partial charge in [-0.1, -0.05) is 0 Å². The average molecular weight is 564 g/mol. The Kier molecular flexibility index (Phi) is 11.6. The first-order valence-electron chi connectivity index (χ1n) is 11.8. The number of hydrogen-bond donors (Lipinski definition) is 1. The summed E-state index contributed by atoms with van der Waals surface area (Å²) in [5, 5.41) is 10.2. The Labute approximate surface area is 223 Å². The molecule has 0 aromatic rings. The highest BCUT2D eigenvalue weighted by atomic mass is 16.8. The van der Waals surface area contributed by atoms with Gasteiger partial charge in [-0.05, 0) is 0 Å². The minimum absolute atomic E-state index is 0.427. The first-order valence-corrected chi connectivity index (χ1v) is 11.8. The molecule has 2 fully saturated rings. The van der Waals surface area contributed by atoms with Crippen LogP contribution in [0.15, 0.2) is 0 Å². The molecular weight excluding hydrogens is 532 g/mol. The van der Waals surface area contributed by atoms with Crippen molar-refractivity contribution in [2.45, 2.75) is 96.9 Å². The second kappa shape index (κ2) is 14.2. The van der Waals surface area contributed by atoms with Crippen molar-refractivity contribution in [3.8, 4) is 0 Å². The zero-order valence-electron chi connectivity index (χ0n) is 22.2. The minimum atomic E-state index is -1.69. The van der Waals surface area contributed by atoms with Crippen LogP contribution < -0.4 is 0 Å². The molecule has 0 aromatic carbocycles. The number of carbonyl (C=O) groups is 6. The lowest BCUT2D eigenvalue weighted by molar-refractivity contribution is -0.343. The van der Waals surface area contributed by atoms with Gasteiger partial charge in [-0.25, -0.2) is 0 Å². The number of esters is 6. The van der Waals surface area contributed by atoms with E-state index in [1.807, 2.05) is 0 Å². The van der Waals surface area contributed by atoms with Crippen molar-refractivity contribution in [2.24, 2.45) is 0 Å². The van der Waals surface area contributed by atoms with E-state index in [2.05, 4.69) is 0 Å². The molecule has 39 heavy (non-hydrogen) atoms. The molecule has 2 heterocycles. The maximum absolute atomic E-state index is 12.0. The highest BCUT2D eigenvalue weighted by Gasteiger charge is 2.55. The molecule has 16 nitrogen and oxygen atoms in total. The molecular formula is C23H32O16. The fourth-order valence-electron chi connectivity index (χ4n) is 4.00. The Morgan fingerprint density at radius 2 is 1.10 bits per heavy atom. The second-order valence-electron chi connectivity index (χ2n) is 8.61. The molecule has 1 N–H and O–H groups in total. The van der Waals surface area contributed by atoms with Crippen LogP contribution in [-0.4, -0.2) is 109 Å². The lowest BCUT2D eigenvalue weighted by Crippen LogP contribution is -2.65. The summed E-state index contributed by atoms with van der Waals surface area (Å²) in [6.07, 6.45) is -13.4. The average Bonchev–Trinajstić information content (AvgIpc) is 2.79. The Morgan fingerprint density at radius 1 is 0.641 bits per heavy atom. The lowest BCUT2D eigenvalue weighted by atomic mass is 9.97. The second-order valence-corrected chi connectivity index (χ2v) is 8.61. The van der Waals surface area contributed by atoms with Gasteiger partial charge < -0.3 is 47.7 Å². The van der Waals surface area contributed by atoms with Crippen LogP contribution in [0, 0.1) is 0 Å². The van der Waals surface area contributed by atoms with E-state index in [1.54, 1.807) is 0 Å². The van der Waals surface area contributed by atoms with Crippen LogP contribution in [0.3, 0.4) is 0 Å². The molecule has 0 amide bonds. The van der Waals surface area contributed by atoms with Gasteiger partial charge in [-0.3, -0.25) is 28.8 Å². The summed E-state index contributed by atoms with van der Waals surface area (Å²) < 4.78 is 48.3. The SMILES string of the molecule is CC(=O)OC[C@H]1O[C@@H](O[C@@H]2CO[C@H](O)[C@H](OC(C)=O)[C@H]2OC(C)=O)[C@H](OC(C)=O)[C@@H](OC(C)=O)[C@@H]1OC(C)=O. The highest BCUT2D eigenvalue weighted by molar-refractivity contribution is 5.69. The predicted octanol–water partition coefficient (Wildman–Crippen LogP) is -1.33. The topological polar surface area (TPSA) is 206 Å². The standard InChI is InChI=1S/C23H32O16/c1-9(24)31-7-15-17(33-10(2)25)19(35-12(4)27)21(37-14(6)29)23(38-15)39-16-8-32-22(30)20(36-13(5)28)18(16)34-11(3)26/h15-23,30H,7-8H2,1-6H3/t15-,16-,17-,18+,19+,20-,21-,22+,23+/m1/s1. The maximum Gasteiger partial charge on any atom is 0.303 e. The van der Waals surface area contributed by atoms with E-state index < -0.39 is 104 Å². The number of ether oxygens (including phenoxy) is 9. The van der Waals surface area contributed by atoms with Crippen LogP contribution >= 0.6 is 0 Å². The molecule has 0 bridgehead atoms. The molecule has 0 radical (unpaired) electrons. The zero-order valence-corrected chi connectivity index (χ0v) is 22.2. The number of aliphatic hydroxyl groups excluding tert-OH is 1. The molecule has 16 heteroatoms. The van der Waals surface area contributed by atoms with Crippen LogP contribution in [0.1, 0.15) is 41.5 Å². The van der Waals surface area contributed by atoms with Crippen LogP contribution in [0.5, 0.6) is 0 Å². The van der Waals surface area contributed by atoms with Gasteiger partial charge in [-0.2, -0.15) is 0 Å². The summed E-state index contributed by atoms with van der Waals surface area (Å²) >= 11 is 0. The van der Waals surface area contributed by atoms with Gasteiger partial charge in [-0.15, -0.1) is 0 Å². The van der Waals surface area contributed by atoms with Crippen LogP contribution in [0.4, 0.5) is 0 Å². The smallest absolute Gasteiger partial charge is 0.303 e. The van der Waals surface area contributed by atoms with Crippen LogP contribution in [-0.2, 0) is 71.4 Å². The first-order chi connectivity index (χ1) is 18.2. The minimum Gasteiger partial charge on any atom is -0.463 e. The fourth-order valence-corrected chi connectivity index (χ4v) is 4.00. The van der Waals surface area contributed by atoms with E-state index in [9.17, 15) is 33.9 Å². The number of carbonyl (C=O) groups excluding carboxylic acids is 6. The first kappa shape index (κ1) is 31.9.